The molecule has 0 amide bonds. The minimum atomic E-state index is -0.843. The minimum absolute atomic E-state index is 0.0247. The van der Waals surface area contributed by atoms with Gasteiger partial charge in [-0.2, -0.15) is 0 Å². The standard InChI is InChI=1S/C12H12N2O2/c1-9-4-5-11(14(9)8-12(15)16)10-3-2-6-13-7-10/h2-7H,8H2,1H3,(H,15,16). The van der Waals surface area contributed by atoms with Crippen LogP contribution in [0.25, 0.3) is 11.3 Å². The summed E-state index contributed by atoms with van der Waals surface area (Å²) < 4.78 is 1.76. The molecule has 4 nitrogen and oxygen atoms in total. The van der Waals surface area contributed by atoms with Gasteiger partial charge in [0.15, 0.2) is 0 Å². The first kappa shape index (κ1) is 10.4. The van der Waals surface area contributed by atoms with Crippen molar-refractivity contribution in [3.63, 3.8) is 0 Å². The average Bonchev–Trinajstić information content (AvgIpc) is 2.61. The molecule has 16 heavy (non-hydrogen) atoms. The molecule has 0 fully saturated rings. The van der Waals surface area contributed by atoms with E-state index in [4.69, 9.17) is 5.11 Å². The summed E-state index contributed by atoms with van der Waals surface area (Å²) in [5.74, 6) is -0.843. The molecule has 0 saturated carbocycles. The number of hydrogen-bond acceptors (Lipinski definition) is 2. The van der Waals surface area contributed by atoms with E-state index in [0.29, 0.717) is 0 Å². The number of rotatable bonds is 3. The van der Waals surface area contributed by atoms with Crippen molar-refractivity contribution in [3.8, 4) is 11.3 Å². The SMILES string of the molecule is Cc1ccc(-c2cccnc2)n1CC(=O)O. The number of carboxylic acids is 1. The first-order valence-corrected chi connectivity index (χ1v) is 4.97. The second-order valence-corrected chi connectivity index (χ2v) is 3.58. The zero-order chi connectivity index (χ0) is 11.5. The van der Waals surface area contributed by atoms with Gasteiger partial charge in [0.2, 0.25) is 0 Å². The topological polar surface area (TPSA) is 55.1 Å². The maximum atomic E-state index is 10.8. The molecule has 2 aromatic heterocycles. The van der Waals surface area contributed by atoms with Gasteiger partial charge in [-0.3, -0.25) is 9.78 Å². The third kappa shape index (κ3) is 1.95. The van der Waals surface area contributed by atoms with Crippen molar-refractivity contribution in [3.05, 3.63) is 42.4 Å². The molecule has 0 bridgehead atoms. The molecule has 0 atom stereocenters. The van der Waals surface area contributed by atoms with Crippen LogP contribution in [-0.2, 0) is 11.3 Å². The molecule has 0 aliphatic rings. The molecule has 82 valence electrons. The Bertz CT molecular complexity index is 503. The summed E-state index contributed by atoms with van der Waals surface area (Å²) in [4.78, 5) is 14.8. The van der Waals surface area contributed by atoms with Gasteiger partial charge in [0, 0.05) is 23.7 Å². The number of carboxylic acid groups (broad SMARTS) is 1. The predicted octanol–water partition coefficient (Wildman–Crippen LogP) is 1.94. The Morgan fingerprint density at radius 2 is 2.25 bits per heavy atom. The van der Waals surface area contributed by atoms with Gasteiger partial charge in [0.25, 0.3) is 0 Å². The maximum absolute atomic E-state index is 10.8. The number of aromatic nitrogens is 2. The van der Waals surface area contributed by atoms with E-state index >= 15 is 0 Å². The Kier molecular flexibility index (Phi) is 2.72. The van der Waals surface area contributed by atoms with Crippen LogP contribution in [0.1, 0.15) is 5.69 Å². The quantitative estimate of drug-likeness (QED) is 0.853. The van der Waals surface area contributed by atoms with Gasteiger partial charge in [0.1, 0.15) is 6.54 Å². The monoisotopic (exact) mass is 216 g/mol. The summed E-state index contributed by atoms with van der Waals surface area (Å²) in [5.41, 5.74) is 2.74. The third-order valence-electron chi connectivity index (χ3n) is 2.45. The Labute approximate surface area is 93.2 Å². The lowest BCUT2D eigenvalue weighted by Crippen LogP contribution is -2.11. The normalized spacial score (nSPS) is 10.3. The van der Waals surface area contributed by atoms with Gasteiger partial charge in [-0.1, -0.05) is 0 Å². The van der Waals surface area contributed by atoms with Gasteiger partial charge in [-0.25, -0.2) is 0 Å². The fraction of sp³-hybridized carbons (Fsp3) is 0.167. The Hall–Kier alpha value is -2.10. The molecule has 0 saturated heterocycles. The summed E-state index contributed by atoms with van der Waals surface area (Å²) in [6.45, 7) is 1.87. The number of nitrogens with zero attached hydrogens (tertiary/aromatic N) is 2. The highest BCUT2D eigenvalue weighted by Crippen LogP contribution is 2.21. The Morgan fingerprint density at radius 1 is 1.44 bits per heavy atom. The highest BCUT2D eigenvalue weighted by Gasteiger charge is 2.09. The van der Waals surface area contributed by atoms with Crippen LogP contribution in [0.4, 0.5) is 0 Å². The summed E-state index contributed by atoms with van der Waals surface area (Å²) in [5, 5.41) is 8.84. The maximum Gasteiger partial charge on any atom is 0.323 e. The van der Waals surface area contributed by atoms with E-state index < -0.39 is 5.97 Å². The average molecular weight is 216 g/mol. The van der Waals surface area contributed by atoms with Gasteiger partial charge in [-0.05, 0) is 31.2 Å². The van der Waals surface area contributed by atoms with Crippen molar-refractivity contribution in [2.24, 2.45) is 0 Å². The molecule has 0 unspecified atom stereocenters. The first-order chi connectivity index (χ1) is 7.68. The van der Waals surface area contributed by atoms with E-state index in [2.05, 4.69) is 4.98 Å². The third-order valence-corrected chi connectivity index (χ3v) is 2.45. The van der Waals surface area contributed by atoms with E-state index in [-0.39, 0.29) is 6.54 Å². The first-order valence-electron chi connectivity index (χ1n) is 4.97. The summed E-state index contributed by atoms with van der Waals surface area (Å²) >= 11 is 0. The molecule has 0 aliphatic carbocycles. The van der Waals surface area contributed by atoms with E-state index in [9.17, 15) is 4.79 Å². The molecule has 0 radical (unpaired) electrons. The van der Waals surface area contributed by atoms with Gasteiger partial charge in [-0.15, -0.1) is 0 Å². The van der Waals surface area contributed by atoms with Crippen LogP contribution in [0.3, 0.4) is 0 Å². The van der Waals surface area contributed by atoms with Gasteiger partial charge >= 0.3 is 5.97 Å². The molecular formula is C12H12N2O2. The number of hydrogen-bond donors (Lipinski definition) is 1. The van der Waals surface area contributed by atoms with E-state index in [0.717, 1.165) is 17.0 Å². The Morgan fingerprint density at radius 3 is 2.88 bits per heavy atom. The van der Waals surface area contributed by atoms with Crippen molar-refractivity contribution in [2.75, 3.05) is 0 Å². The summed E-state index contributed by atoms with van der Waals surface area (Å²) in [7, 11) is 0. The van der Waals surface area contributed by atoms with Crippen LogP contribution >= 0.6 is 0 Å². The second kappa shape index (κ2) is 4.18. The highest BCUT2D eigenvalue weighted by molar-refractivity contribution is 5.69. The van der Waals surface area contributed by atoms with Crippen molar-refractivity contribution < 1.29 is 9.90 Å². The lowest BCUT2D eigenvalue weighted by Gasteiger charge is -2.08. The molecular weight excluding hydrogens is 204 g/mol. The fourth-order valence-corrected chi connectivity index (χ4v) is 1.68. The zero-order valence-corrected chi connectivity index (χ0v) is 8.92. The van der Waals surface area contributed by atoms with E-state index in [1.165, 1.54) is 0 Å². The zero-order valence-electron chi connectivity index (χ0n) is 8.92. The van der Waals surface area contributed by atoms with Crippen molar-refractivity contribution >= 4 is 5.97 Å². The van der Waals surface area contributed by atoms with Crippen LogP contribution in [0.15, 0.2) is 36.7 Å². The summed E-state index contributed by atoms with van der Waals surface area (Å²) in [6.07, 6.45) is 3.42. The molecule has 1 N–H and O–H groups in total. The summed E-state index contributed by atoms with van der Waals surface area (Å²) in [6, 6.07) is 7.57. The number of aliphatic carboxylic acids is 1. The molecule has 0 aromatic carbocycles. The van der Waals surface area contributed by atoms with Crippen LogP contribution in [0.5, 0.6) is 0 Å². The van der Waals surface area contributed by atoms with Crippen molar-refractivity contribution in [1.82, 2.24) is 9.55 Å². The van der Waals surface area contributed by atoms with Gasteiger partial charge in [0.05, 0.1) is 5.69 Å². The highest BCUT2D eigenvalue weighted by atomic mass is 16.4. The number of pyridine rings is 1. The van der Waals surface area contributed by atoms with E-state index in [1.54, 1.807) is 17.0 Å². The van der Waals surface area contributed by atoms with Crippen LogP contribution < -0.4 is 0 Å². The minimum Gasteiger partial charge on any atom is -0.480 e. The Balaban J connectivity index is 2.46. The lowest BCUT2D eigenvalue weighted by atomic mass is 10.2. The van der Waals surface area contributed by atoms with Crippen molar-refractivity contribution in [1.29, 1.82) is 0 Å². The van der Waals surface area contributed by atoms with Crippen LogP contribution in [0.2, 0.25) is 0 Å². The molecule has 0 spiro atoms. The van der Waals surface area contributed by atoms with E-state index in [1.807, 2.05) is 31.2 Å². The fourth-order valence-electron chi connectivity index (χ4n) is 1.68. The number of aryl methyl sites for hydroxylation is 1. The molecule has 2 rings (SSSR count). The molecule has 0 aliphatic heterocycles. The number of carbonyl (C=O) groups is 1. The smallest absolute Gasteiger partial charge is 0.323 e. The second-order valence-electron chi connectivity index (χ2n) is 3.58. The molecule has 4 heteroatoms. The largest absolute Gasteiger partial charge is 0.480 e. The van der Waals surface area contributed by atoms with Gasteiger partial charge < -0.3 is 9.67 Å². The molecule has 2 aromatic rings. The van der Waals surface area contributed by atoms with Crippen LogP contribution in [0, 0.1) is 6.92 Å². The molecule has 2 heterocycles. The van der Waals surface area contributed by atoms with Crippen molar-refractivity contribution in [2.45, 2.75) is 13.5 Å². The predicted molar refractivity (Wildman–Crippen MR) is 60.0 cm³/mol. The lowest BCUT2D eigenvalue weighted by molar-refractivity contribution is -0.137. The van der Waals surface area contributed by atoms with Crippen LogP contribution in [-0.4, -0.2) is 20.6 Å².